The zero-order chi connectivity index (χ0) is 22.9. The zero-order valence-corrected chi connectivity index (χ0v) is 18.1. The Morgan fingerprint density at radius 2 is 2.06 bits per heavy atom. The molecule has 0 aliphatic rings. The van der Waals surface area contributed by atoms with Crippen LogP contribution in [0.15, 0.2) is 54.2 Å². The Morgan fingerprint density at radius 1 is 1.25 bits per heavy atom. The summed E-state index contributed by atoms with van der Waals surface area (Å²) >= 11 is 7.52. The number of hydrogen-bond donors (Lipinski definition) is 1. The van der Waals surface area contributed by atoms with E-state index >= 15 is 0 Å². The normalized spacial score (nSPS) is 11.5. The number of carbonyl (C=O) groups is 1. The molecule has 0 aliphatic carbocycles. The van der Waals surface area contributed by atoms with Crippen molar-refractivity contribution in [1.82, 2.24) is 19.7 Å². The van der Waals surface area contributed by atoms with Crippen molar-refractivity contribution in [2.75, 3.05) is 5.32 Å². The molecule has 1 amide bonds. The number of nitrogens with zero attached hydrogens (tertiary/aromatic N) is 4. The molecule has 6 nitrogen and oxygen atoms in total. The van der Waals surface area contributed by atoms with Gasteiger partial charge in [0.25, 0.3) is 0 Å². The van der Waals surface area contributed by atoms with Gasteiger partial charge in [-0.1, -0.05) is 11.6 Å². The van der Waals surface area contributed by atoms with E-state index in [9.17, 15) is 18.0 Å². The SMILES string of the molecule is Cc1cc(NC(=O)Cc2csc(-c3cccnc3)n2)n(-c2cc(C(F)(F)F)ccc2Cl)n1. The first-order chi connectivity index (χ1) is 15.2. The second kappa shape index (κ2) is 8.71. The van der Waals surface area contributed by atoms with Gasteiger partial charge < -0.3 is 5.32 Å². The van der Waals surface area contributed by atoms with Crippen molar-refractivity contribution >= 4 is 34.7 Å². The van der Waals surface area contributed by atoms with Crippen LogP contribution < -0.4 is 5.32 Å². The lowest BCUT2D eigenvalue weighted by molar-refractivity contribution is -0.137. The third-order valence-corrected chi connectivity index (χ3v) is 5.66. The quantitative estimate of drug-likeness (QED) is 0.409. The number of alkyl halides is 3. The number of nitrogens with one attached hydrogen (secondary N) is 1. The van der Waals surface area contributed by atoms with Crippen molar-refractivity contribution < 1.29 is 18.0 Å². The fourth-order valence-corrected chi connectivity index (χ4v) is 3.99. The Hall–Kier alpha value is -3.24. The summed E-state index contributed by atoms with van der Waals surface area (Å²) in [5.41, 5.74) is 1.05. The highest BCUT2D eigenvalue weighted by atomic mass is 35.5. The lowest BCUT2D eigenvalue weighted by Crippen LogP contribution is -2.17. The first-order valence-electron chi connectivity index (χ1n) is 9.29. The number of rotatable bonds is 5. The predicted octanol–water partition coefficient (Wildman–Crippen LogP) is 5.55. The lowest BCUT2D eigenvalue weighted by atomic mass is 10.2. The van der Waals surface area contributed by atoms with Gasteiger partial charge >= 0.3 is 6.18 Å². The van der Waals surface area contributed by atoms with Gasteiger partial charge in [0.15, 0.2) is 0 Å². The molecule has 164 valence electrons. The summed E-state index contributed by atoms with van der Waals surface area (Å²) in [4.78, 5) is 21.1. The maximum atomic E-state index is 13.1. The lowest BCUT2D eigenvalue weighted by Gasteiger charge is -2.13. The van der Waals surface area contributed by atoms with E-state index in [0.29, 0.717) is 11.4 Å². The molecule has 4 aromatic rings. The molecule has 1 aromatic carbocycles. The Labute approximate surface area is 189 Å². The van der Waals surface area contributed by atoms with Crippen LogP contribution in [0.4, 0.5) is 19.0 Å². The van der Waals surface area contributed by atoms with Crippen LogP contribution in [0.2, 0.25) is 5.02 Å². The molecule has 0 fully saturated rings. The number of hydrogen-bond acceptors (Lipinski definition) is 5. The number of halogens is 4. The third-order valence-electron chi connectivity index (χ3n) is 4.40. The molecule has 0 saturated heterocycles. The number of aryl methyl sites for hydroxylation is 1. The molecule has 3 aromatic heterocycles. The molecule has 32 heavy (non-hydrogen) atoms. The summed E-state index contributed by atoms with van der Waals surface area (Å²) in [5, 5.41) is 9.46. The van der Waals surface area contributed by atoms with E-state index in [-0.39, 0.29) is 22.9 Å². The van der Waals surface area contributed by atoms with Crippen molar-refractivity contribution in [3.8, 4) is 16.3 Å². The molecule has 0 bridgehead atoms. The number of amides is 1. The van der Waals surface area contributed by atoms with Crippen LogP contribution in [-0.4, -0.2) is 25.7 Å². The maximum Gasteiger partial charge on any atom is 0.416 e. The summed E-state index contributed by atoms with van der Waals surface area (Å²) in [7, 11) is 0. The van der Waals surface area contributed by atoms with E-state index in [1.54, 1.807) is 36.8 Å². The van der Waals surface area contributed by atoms with Gasteiger partial charge in [-0.25, -0.2) is 9.67 Å². The standard InChI is InChI=1S/C21H15ClF3N5OS/c1-12-7-18(30(29-12)17-8-14(21(23,24)25)4-5-16(17)22)28-19(31)9-15-11-32-20(27-15)13-3-2-6-26-10-13/h2-8,10-11H,9H2,1H3,(H,28,31). The number of anilines is 1. The minimum absolute atomic E-state index is 0.0115. The molecule has 3 heterocycles. The van der Waals surface area contributed by atoms with E-state index in [2.05, 4.69) is 20.4 Å². The van der Waals surface area contributed by atoms with E-state index < -0.39 is 17.6 Å². The number of aromatic nitrogens is 4. The molecule has 0 radical (unpaired) electrons. The number of benzene rings is 1. The van der Waals surface area contributed by atoms with Crippen LogP contribution in [-0.2, 0) is 17.4 Å². The molecular weight excluding hydrogens is 463 g/mol. The van der Waals surface area contributed by atoms with Crippen LogP contribution in [0, 0.1) is 6.92 Å². The van der Waals surface area contributed by atoms with Gasteiger partial charge in [-0.2, -0.15) is 18.3 Å². The molecule has 11 heteroatoms. The van der Waals surface area contributed by atoms with E-state index in [1.807, 2.05) is 6.07 Å². The Kier molecular flexibility index (Phi) is 5.98. The summed E-state index contributed by atoms with van der Waals surface area (Å²) < 4.78 is 40.6. The Bertz CT molecular complexity index is 1270. The van der Waals surface area contributed by atoms with Gasteiger partial charge in [0.2, 0.25) is 5.91 Å². The number of thiazole rings is 1. The van der Waals surface area contributed by atoms with E-state index in [4.69, 9.17) is 11.6 Å². The highest BCUT2D eigenvalue weighted by Crippen LogP contribution is 2.34. The molecule has 0 atom stereocenters. The third kappa shape index (κ3) is 4.81. The van der Waals surface area contributed by atoms with Crippen molar-refractivity contribution in [1.29, 1.82) is 0 Å². The highest BCUT2D eigenvalue weighted by Gasteiger charge is 2.31. The Morgan fingerprint density at radius 3 is 2.78 bits per heavy atom. The largest absolute Gasteiger partial charge is 0.416 e. The monoisotopic (exact) mass is 477 g/mol. The summed E-state index contributed by atoms with van der Waals surface area (Å²) in [5.74, 6) is -0.186. The molecule has 4 rings (SSSR count). The van der Waals surface area contributed by atoms with Crippen LogP contribution >= 0.6 is 22.9 Å². The summed E-state index contributed by atoms with van der Waals surface area (Å²) in [6, 6.07) is 8.16. The van der Waals surface area contributed by atoms with E-state index in [1.165, 1.54) is 16.0 Å². The van der Waals surface area contributed by atoms with Crippen LogP contribution in [0.25, 0.3) is 16.3 Å². The average molecular weight is 478 g/mol. The smallest absolute Gasteiger partial charge is 0.310 e. The topological polar surface area (TPSA) is 72.7 Å². The minimum atomic E-state index is -4.54. The second-order valence-electron chi connectivity index (χ2n) is 6.86. The Balaban J connectivity index is 1.56. The first-order valence-corrected chi connectivity index (χ1v) is 10.5. The molecule has 0 spiro atoms. The first kappa shape index (κ1) is 22.0. The van der Waals surface area contributed by atoms with Crippen molar-refractivity contribution in [2.45, 2.75) is 19.5 Å². The highest BCUT2D eigenvalue weighted by molar-refractivity contribution is 7.13. The van der Waals surface area contributed by atoms with Gasteiger partial charge in [-0.3, -0.25) is 9.78 Å². The fraction of sp³-hybridized carbons (Fsp3) is 0.143. The van der Waals surface area contributed by atoms with Crippen molar-refractivity contribution in [3.05, 3.63) is 76.1 Å². The minimum Gasteiger partial charge on any atom is -0.310 e. The average Bonchev–Trinajstić information content (AvgIpc) is 3.34. The summed E-state index contributed by atoms with van der Waals surface area (Å²) in [6.07, 6.45) is -1.21. The van der Waals surface area contributed by atoms with Crippen LogP contribution in [0.3, 0.4) is 0 Å². The van der Waals surface area contributed by atoms with Gasteiger partial charge in [0, 0.05) is 29.4 Å². The fourth-order valence-electron chi connectivity index (χ4n) is 2.99. The zero-order valence-electron chi connectivity index (χ0n) is 16.5. The predicted molar refractivity (Wildman–Crippen MR) is 116 cm³/mol. The summed E-state index contributed by atoms with van der Waals surface area (Å²) in [6.45, 7) is 1.66. The molecule has 0 unspecified atom stereocenters. The van der Waals surface area contributed by atoms with Gasteiger partial charge in [-0.05, 0) is 37.3 Å². The van der Waals surface area contributed by atoms with E-state index in [0.717, 1.165) is 28.8 Å². The maximum absolute atomic E-state index is 13.1. The van der Waals surface area contributed by atoms with Gasteiger partial charge in [0.1, 0.15) is 10.8 Å². The van der Waals surface area contributed by atoms with Crippen LogP contribution in [0.1, 0.15) is 17.0 Å². The second-order valence-corrected chi connectivity index (χ2v) is 8.12. The van der Waals surface area contributed by atoms with Crippen molar-refractivity contribution in [3.63, 3.8) is 0 Å². The van der Waals surface area contributed by atoms with Gasteiger partial charge in [-0.15, -0.1) is 11.3 Å². The molecule has 0 aliphatic heterocycles. The molecule has 0 saturated carbocycles. The number of pyridine rings is 1. The van der Waals surface area contributed by atoms with Gasteiger partial charge in [0.05, 0.1) is 34.1 Å². The molecular formula is C21H15ClF3N5OS. The number of carbonyl (C=O) groups excluding carboxylic acids is 1. The van der Waals surface area contributed by atoms with Crippen LogP contribution in [0.5, 0.6) is 0 Å². The van der Waals surface area contributed by atoms with Crippen molar-refractivity contribution in [2.24, 2.45) is 0 Å². The molecule has 1 N–H and O–H groups in total.